The molecule has 1 aliphatic heterocycles. The number of piperidine rings is 1. The molecule has 0 amide bonds. The monoisotopic (exact) mass is 214 g/mol. The molecule has 0 aliphatic carbocycles. The Morgan fingerprint density at radius 2 is 2.33 bits per heavy atom. The molecule has 15 heavy (non-hydrogen) atoms. The third-order valence-corrected chi connectivity index (χ3v) is 2.88. The molecule has 1 heterocycles. The van der Waals surface area contributed by atoms with E-state index in [0.717, 1.165) is 32.4 Å². The van der Waals surface area contributed by atoms with Gasteiger partial charge in [-0.2, -0.15) is 0 Å². The van der Waals surface area contributed by atoms with Crippen LogP contribution in [0.4, 0.5) is 0 Å². The summed E-state index contributed by atoms with van der Waals surface area (Å²) in [5.74, 6) is -0.103. The van der Waals surface area contributed by atoms with Crippen molar-refractivity contribution in [3.05, 3.63) is 0 Å². The van der Waals surface area contributed by atoms with E-state index in [1.807, 2.05) is 13.8 Å². The fourth-order valence-corrected chi connectivity index (χ4v) is 2.14. The van der Waals surface area contributed by atoms with Gasteiger partial charge in [-0.3, -0.25) is 9.69 Å². The standard InChI is InChI=1S/C11H22N2O2/c1-3-10(11(14)15-4-2)13-7-5-6-9(12)8-13/h9-10H,3-8,12H2,1-2H3. The molecule has 1 aliphatic rings. The number of rotatable bonds is 4. The molecule has 0 aromatic heterocycles. The molecule has 1 rings (SSSR count). The second kappa shape index (κ2) is 6.08. The van der Waals surface area contributed by atoms with Gasteiger partial charge in [0.25, 0.3) is 0 Å². The topological polar surface area (TPSA) is 55.6 Å². The predicted octanol–water partition coefficient (Wildman–Crippen LogP) is 0.751. The zero-order chi connectivity index (χ0) is 11.3. The zero-order valence-corrected chi connectivity index (χ0v) is 9.74. The average molecular weight is 214 g/mol. The molecule has 4 heteroatoms. The molecule has 2 N–H and O–H groups in total. The first-order valence-corrected chi connectivity index (χ1v) is 5.85. The van der Waals surface area contributed by atoms with E-state index in [2.05, 4.69) is 4.90 Å². The summed E-state index contributed by atoms with van der Waals surface area (Å²) in [4.78, 5) is 13.8. The highest BCUT2D eigenvalue weighted by Gasteiger charge is 2.28. The lowest BCUT2D eigenvalue weighted by Gasteiger charge is -2.35. The summed E-state index contributed by atoms with van der Waals surface area (Å²) >= 11 is 0. The van der Waals surface area contributed by atoms with Gasteiger partial charge in [0.1, 0.15) is 6.04 Å². The number of carbonyl (C=O) groups is 1. The third-order valence-electron chi connectivity index (χ3n) is 2.88. The Morgan fingerprint density at radius 1 is 1.60 bits per heavy atom. The molecule has 0 saturated carbocycles. The Bertz CT molecular complexity index is 209. The molecule has 2 atom stereocenters. The van der Waals surface area contributed by atoms with Gasteiger partial charge in [0.05, 0.1) is 6.61 Å². The minimum Gasteiger partial charge on any atom is -0.465 e. The average Bonchev–Trinajstić information content (AvgIpc) is 2.19. The van der Waals surface area contributed by atoms with Crippen LogP contribution >= 0.6 is 0 Å². The van der Waals surface area contributed by atoms with Gasteiger partial charge >= 0.3 is 5.97 Å². The molecular weight excluding hydrogens is 192 g/mol. The van der Waals surface area contributed by atoms with E-state index in [-0.39, 0.29) is 18.1 Å². The Morgan fingerprint density at radius 3 is 2.87 bits per heavy atom. The van der Waals surface area contributed by atoms with Crippen molar-refractivity contribution >= 4 is 5.97 Å². The highest BCUT2D eigenvalue weighted by molar-refractivity contribution is 5.75. The van der Waals surface area contributed by atoms with Crippen molar-refractivity contribution in [3.8, 4) is 0 Å². The van der Waals surface area contributed by atoms with Crippen LogP contribution < -0.4 is 5.73 Å². The first-order chi connectivity index (χ1) is 7.19. The highest BCUT2D eigenvalue weighted by atomic mass is 16.5. The molecule has 0 bridgehead atoms. The van der Waals surface area contributed by atoms with Crippen LogP contribution in [0.25, 0.3) is 0 Å². The molecule has 0 spiro atoms. The number of hydrogen-bond acceptors (Lipinski definition) is 4. The molecule has 0 aromatic carbocycles. The van der Waals surface area contributed by atoms with Gasteiger partial charge in [-0.05, 0) is 32.7 Å². The first-order valence-electron chi connectivity index (χ1n) is 5.85. The van der Waals surface area contributed by atoms with Crippen molar-refractivity contribution in [2.45, 2.75) is 45.2 Å². The number of hydrogen-bond donors (Lipinski definition) is 1. The fraction of sp³-hybridized carbons (Fsp3) is 0.909. The Balaban J connectivity index is 2.52. The van der Waals surface area contributed by atoms with Crippen LogP contribution in [-0.4, -0.2) is 42.6 Å². The number of carbonyl (C=O) groups excluding carboxylic acids is 1. The summed E-state index contributed by atoms with van der Waals surface area (Å²) in [6.45, 7) is 6.09. The molecular formula is C11H22N2O2. The normalized spacial score (nSPS) is 24.9. The van der Waals surface area contributed by atoms with E-state index in [0.29, 0.717) is 6.61 Å². The molecule has 2 unspecified atom stereocenters. The molecule has 0 radical (unpaired) electrons. The Labute approximate surface area is 91.8 Å². The van der Waals surface area contributed by atoms with Crippen molar-refractivity contribution in [2.75, 3.05) is 19.7 Å². The van der Waals surface area contributed by atoms with E-state index in [9.17, 15) is 4.79 Å². The first kappa shape index (κ1) is 12.5. The van der Waals surface area contributed by atoms with E-state index < -0.39 is 0 Å². The summed E-state index contributed by atoms with van der Waals surface area (Å²) in [6.07, 6.45) is 2.94. The largest absolute Gasteiger partial charge is 0.465 e. The highest BCUT2D eigenvalue weighted by Crippen LogP contribution is 2.14. The van der Waals surface area contributed by atoms with E-state index in [1.54, 1.807) is 0 Å². The molecule has 4 nitrogen and oxygen atoms in total. The lowest BCUT2D eigenvalue weighted by molar-refractivity contribution is -0.150. The number of esters is 1. The Kier molecular flexibility index (Phi) is 5.05. The van der Waals surface area contributed by atoms with Gasteiger partial charge < -0.3 is 10.5 Å². The number of ether oxygens (including phenoxy) is 1. The number of nitrogens with zero attached hydrogens (tertiary/aromatic N) is 1. The van der Waals surface area contributed by atoms with E-state index in [1.165, 1.54) is 0 Å². The number of likely N-dealkylation sites (tertiary alicyclic amines) is 1. The third kappa shape index (κ3) is 3.47. The smallest absolute Gasteiger partial charge is 0.323 e. The lowest BCUT2D eigenvalue weighted by atomic mass is 10.0. The predicted molar refractivity (Wildman–Crippen MR) is 59.5 cm³/mol. The van der Waals surface area contributed by atoms with Gasteiger partial charge in [0.15, 0.2) is 0 Å². The van der Waals surface area contributed by atoms with Crippen LogP contribution in [-0.2, 0) is 9.53 Å². The van der Waals surface area contributed by atoms with Gasteiger partial charge in [0.2, 0.25) is 0 Å². The second-order valence-electron chi connectivity index (χ2n) is 4.07. The van der Waals surface area contributed by atoms with Crippen molar-refractivity contribution in [1.82, 2.24) is 4.90 Å². The van der Waals surface area contributed by atoms with Gasteiger partial charge in [0, 0.05) is 12.6 Å². The maximum Gasteiger partial charge on any atom is 0.323 e. The lowest BCUT2D eigenvalue weighted by Crippen LogP contribution is -2.50. The summed E-state index contributed by atoms with van der Waals surface area (Å²) in [7, 11) is 0. The van der Waals surface area contributed by atoms with Gasteiger partial charge in [-0.1, -0.05) is 6.92 Å². The van der Waals surface area contributed by atoms with E-state index >= 15 is 0 Å². The minimum atomic E-state index is -0.103. The second-order valence-corrected chi connectivity index (χ2v) is 4.07. The van der Waals surface area contributed by atoms with Crippen molar-refractivity contribution in [3.63, 3.8) is 0 Å². The maximum atomic E-state index is 11.7. The quantitative estimate of drug-likeness (QED) is 0.702. The van der Waals surface area contributed by atoms with Gasteiger partial charge in [-0.25, -0.2) is 0 Å². The van der Waals surface area contributed by atoms with Crippen molar-refractivity contribution < 1.29 is 9.53 Å². The summed E-state index contributed by atoms with van der Waals surface area (Å²) in [6, 6.07) is 0.110. The van der Waals surface area contributed by atoms with Crippen LogP contribution in [0, 0.1) is 0 Å². The van der Waals surface area contributed by atoms with Gasteiger partial charge in [-0.15, -0.1) is 0 Å². The Hall–Kier alpha value is -0.610. The van der Waals surface area contributed by atoms with Crippen LogP contribution in [0.3, 0.4) is 0 Å². The van der Waals surface area contributed by atoms with Crippen LogP contribution in [0.2, 0.25) is 0 Å². The van der Waals surface area contributed by atoms with E-state index in [4.69, 9.17) is 10.5 Å². The molecule has 1 fully saturated rings. The molecule has 88 valence electrons. The van der Waals surface area contributed by atoms with Crippen LogP contribution in [0.5, 0.6) is 0 Å². The molecule has 1 saturated heterocycles. The fourth-order valence-electron chi connectivity index (χ4n) is 2.14. The molecule has 0 aromatic rings. The number of nitrogens with two attached hydrogens (primary N) is 1. The van der Waals surface area contributed by atoms with Crippen molar-refractivity contribution in [2.24, 2.45) is 5.73 Å². The summed E-state index contributed by atoms with van der Waals surface area (Å²) in [5.41, 5.74) is 5.90. The SMILES string of the molecule is CCOC(=O)C(CC)N1CCCC(N)C1. The summed E-state index contributed by atoms with van der Waals surface area (Å²) < 4.78 is 5.06. The van der Waals surface area contributed by atoms with Crippen LogP contribution in [0.1, 0.15) is 33.1 Å². The van der Waals surface area contributed by atoms with Crippen LogP contribution in [0.15, 0.2) is 0 Å². The maximum absolute atomic E-state index is 11.7. The van der Waals surface area contributed by atoms with Crippen molar-refractivity contribution in [1.29, 1.82) is 0 Å². The summed E-state index contributed by atoms with van der Waals surface area (Å²) in [5, 5.41) is 0. The zero-order valence-electron chi connectivity index (χ0n) is 9.74. The minimum absolute atomic E-state index is 0.101.